The highest BCUT2D eigenvalue weighted by Gasteiger charge is 2.21. The number of aliphatic carboxylic acids is 1. The summed E-state index contributed by atoms with van der Waals surface area (Å²) >= 11 is 0. The summed E-state index contributed by atoms with van der Waals surface area (Å²) in [5.41, 5.74) is 8.65. The topological polar surface area (TPSA) is 67.8 Å². The molecule has 0 radical (unpaired) electrons. The van der Waals surface area contributed by atoms with Crippen LogP contribution in [0.3, 0.4) is 0 Å². The average molecular weight is 444 g/mol. The van der Waals surface area contributed by atoms with Gasteiger partial charge >= 0.3 is 5.97 Å². The van der Waals surface area contributed by atoms with Gasteiger partial charge in [0.1, 0.15) is 11.9 Å². The van der Waals surface area contributed by atoms with Crippen molar-refractivity contribution in [1.29, 1.82) is 0 Å². The molecule has 0 aliphatic heterocycles. The van der Waals surface area contributed by atoms with Gasteiger partial charge in [-0.25, -0.2) is 4.79 Å². The van der Waals surface area contributed by atoms with Crippen molar-refractivity contribution in [2.75, 3.05) is 6.61 Å². The molecule has 1 aliphatic rings. The van der Waals surface area contributed by atoms with Crippen molar-refractivity contribution in [3.05, 3.63) is 113 Å². The van der Waals surface area contributed by atoms with E-state index in [-0.39, 0.29) is 12.7 Å². The quantitative estimate of drug-likeness (QED) is 0.429. The predicted octanol–water partition coefficient (Wildman–Crippen LogP) is 5.47. The molecule has 4 rings (SSSR count). The maximum atomic E-state index is 10.9. The van der Waals surface area contributed by atoms with Crippen LogP contribution in [-0.2, 0) is 22.5 Å². The average Bonchev–Trinajstić information content (AvgIpc) is 2.84. The van der Waals surface area contributed by atoms with E-state index >= 15 is 0 Å². The van der Waals surface area contributed by atoms with Gasteiger partial charge in [0.05, 0.1) is 0 Å². The first-order chi connectivity index (χ1) is 16.1. The Balaban J connectivity index is 1.42. The lowest BCUT2D eigenvalue weighted by molar-refractivity contribution is -0.139. The Morgan fingerprint density at radius 3 is 2.33 bits per heavy atom. The zero-order valence-corrected chi connectivity index (χ0v) is 18.7. The van der Waals surface area contributed by atoms with E-state index in [0.29, 0.717) is 11.7 Å². The van der Waals surface area contributed by atoms with Gasteiger partial charge in [-0.1, -0.05) is 78.9 Å². The van der Waals surface area contributed by atoms with E-state index in [1.54, 1.807) is 0 Å². The number of carboxylic acids is 1. The normalized spacial score (nSPS) is 15.7. The van der Waals surface area contributed by atoms with E-state index in [0.717, 1.165) is 41.6 Å². The van der Waals surface area contributed by atoms with Crippen molar-refractivity contribution in [3.63, 3.8) is 0 Å². The van der Waals surface area contributed by atoms with E-state index in [9.17, 15) is 4.79 Å². The van der Waals surface area contributed by atoms with Gasteiger partial charge in [0.2, 0.25) is 0 Å². The molecule has 0 fully saturated rings. The minimum atomic E-state index is -0.963. The van der Waals surface area contributed by atoms with Gasteiger partial charge in [0, 0.05) is 5.70 Å². The number of hydrogen-bond acceptors (Lipinski definition) is 4. The van der Waals surface area contributed by atoms with Crippen LogP contribution in [0.1, 0.15) is 41.7 Å². The SMILES string of the molecule is C/C(=C\C1CCc2c(cccc2OCC(=O)O)C1)NOC(c1ccccc1)c1ccccc1. The monoisotopic (exact) mass is 443 g/mol. The molecule has 33 heavy (non-hydrogen) atoms. The van der Waals surface area contributed by atoms with Crippen molar-refractivity contribution >= 4 is 5.97 Å². The van der Waals surface area contributed by atoms with Crippen molar-refractivity contribution in [2.45, 2.75) is 32.3 Å². The number of rotatable bonds is 9. The smallest absolute Gasteiger partial charge is 0.341 e. The molecule has 0 amide bonds. The Kier molecular flexibility index (Phi) is 7.43. The molecular weight excluding hydrogens is 414 g/mol. The third kappa shape index (κ3) is 6.02. The predicted molar refractivity (Wildman–Crippen MR) is 128 cm³/mol. The summed E-state index contributed by atoms with van der Waals surface area (Å²) in [5.74, 6) is 0.0922. The van der Waals surface area contributed by atoms with Crippen LogP contribution in [0, 0.1) is 5.92 Å². The van der Waals surface area contributed by atoms with Crippen LogP contribution >= 0.6 is 0 Å². The molecule has 0 aromatic heterocycles. The highest BCUT2D eigenvalue weighted by atomic mass is 16.7. The minimum absolute atomic E-state index is 0.211. The molecule has 1 aliphatic carbocycles. The number of fused-ring (bicyclic) bond motifs is 1. The van der Waals surface area contributed by atoms with Crippen molar-refractivity contribution in [3.8, 4) is 5.75 Å². The summed E-state index contributed by atoms with van der Waals surface area (Å²) in [6, 6.07) is 26.2. The van der Waals surface area contributed by atoms with Crippen molar-refractivity contribution in [1.82, 2.24) is 5.48 Å². The maximum Gasteiger partial charge on any atom is 0.341 e. The Bertz CT molecular complexity index is 1060. The van der Waals surface area contributed by atoms with E-state index < -0.39 is 5.97 Å². The summed E-state index contributed by atoms with van der Waals surface area (Å²) in [7, 11) is 0. The number of ether oxygens (including phenoxy) is 1. The Hall–Kier alpha value is -3.57. The molecule has 2 N–H and O–H groups in total. The Labute approximate surface area is 194 Å². The summed E-state index contributed by atoms with van der Waals surface area (Å²) in [6.07, 6.45) is 4.73. The first kappa shape index (κ1) is 22.6. The van der Waals surface area contributed by atoms with Gasteiger partial charge in [0.25, 0.3) is 0 Å². The first-order valence-electron chi connectivity index (χ1n) is 11.3. The second kappa shape index (κ2) is 10.8. The number of allylic oxidation sites excluding steroid dienone is 2. The first-order valence-corrected chi connectivity index (χ1v) is 11.3. The number of carbonyl (C=O) groups is 1. The molecule has 1 atom stereocenters. The molecule has 0 spiro atoms. The zero-order chi connectivity index (χ0) is 23.0. The van der Waals surface area contributed by atoms with Gasteiger partial charge < -0.3 is 9.84 Å². The van der Waals surface area contributed by atoms with Crippen molar-refractivity contribution < 1.29 is 19.5 Å². The highest BCUT2D eigenvalue weighted by Crippen LogP contribution is 2.33. The number of hydrogen-bond donors (Lipinski definition) is 2. The molecule has 1 unspecified atom stereocenters. The Morgan fingerprint density at radius 2 is 1.70 bits per heavy atom. The van der Waals surface area contributed by atoms with E-state index in [1.165, 1.54) is 5.56 Å². The molecule has 0 bridgehead atoms. The van der Waals surface area contributed by atoms with Gasteiger partial charge in [-0.2, -0.15) is 0 Å². The fraction of sp³-hybridized carbons (Fsp3) is 0.250. The van der Waals surface area contributed by atoms with Gasteiger partial charge in [-0.15, -0.1) is 0 Å². The number of carboxylic acid groups (broad SMARTS) is 1. The van der Waals surface area contributed by atoms with Crippen LogP contribution in [0.5, 0.6) is 5.75 Å². The lowest BCUT2D eigenvalue weighted by atomic mass is 9.83. The number of benzene rings is 3. The van der Waals surface area contributed by atoms with Gasteiger partial charge in [-0.3, -0.25) is 10.3 Å². The highest BCUT2D eigenvalue weighted by molar-refractivity contribution is 5.68. The lowest BCUT2D eigenvalue weighted by Crippen LogP contribution is -2.20. The second-order valence-corrected chi connectivity index (χ2v) is 8.35. The van der Waals surface area contributed by atoms with Crippen LogP contribution in [0.4, 0.5) is 0 Å². The fourth-order valence-electron chi connectivity index (χ4n) is 4.34. The lowest BCUT2D eigenvalue weighted by Gasteiger charge is -2.25. The summed E-state index contributed by atoms with van der Waals surface area (Å²) in [4.78, 5) is 17.0. The van der Waals surface area contributed by atoms with Crippen LogP contribution in [-0.4, -0.2) is 17.7 Å². The largest absolute Gasteiger partial charge is 0.482 e. The molecule has 5 heteroatoms. The van der Waals surface area contributed by atoms with Crippen LogP contribution in [0.2, 0.25) is 0 Å². The minimum Gasteiger partial charge on any atom is -0.482 e. The molecule has 3 aromatic carbocycles. The third-order valence-corrected chi connectivity index (χ3v) is 5.86. The number of nitrogens with one attached hydrogen (secondary N) is 1. The van der Waals surface area contributed by atoms with Crippen molar-refractivity contribution in [2.24, 2.45) is 5.92 Å². The van der Waals surface area contributed by atoms with Crippen LogP contribution in [0.15, 0.2) is 90.6 Å². The van der Waals surface area contributed by atoms with Gasteiger partial charge in [-0.05, 0) is 60.4 Å². The Morgan fingerprint density at radius 1 is 1.03 bits per heavy atom. The summed E-state index contributed by atoms with van der Waals surface area (Å²) < 4.78 is 5.48. The zero-order valence-electron chi connectivity index (χ0n) is 18.7. The maximum absolute atomic E-state index is 10.9. The standard InChI is InChI=1S/C28H29NO4/c1-20(29-33-28(22-9-4-2-5-10-22)23-11-6-3-7-12-23)17-21-15-16-25-24(18-21)13-8-14-26(25)32-19-27(30)31/h2-14,17,21,28-29H,15-16,18-19H2,1H3,(H,30,31)/b20-17+. The molecule has 170 valence electrons. The molecule has 0 heterocycles. The third-order valence-electron chi connectivity index (χ3n) is 5.86. The molecular formula is C28H29NO4. The second-order valence-electron chi connectivity index (χ2n) is 8.35. The molecule has 5 nitrogen and oxygen atoms in total. The summed E-state index contributed by atoms with van der Waals surface area (Å²) in [5, 5.41) is 8.90. The molecule has 0 saturated heterocycles. The number of hydroxylamine groups is 1. The molecule has 3 aromatic rings. The van der Waals surface area contributed by atoms with Crippen LogP contribution in [0.25, 0.3) is 0 Å². The van der Waals surface area contributed by atoms with Gasteiger partial charge in [0.15, 0.2) is 6.61 Å². The fourth-order valence-corrected chi connectivity index (χ4v) is 4.34. The molecule has 0 saturated carbocycles. The summed E-state index contributed by atoms with van der Waals surface area (Å²) in [6.45, 7) is 1.71. The van der Waals surface area contributed by atoms with E-state index in [2.05, 4.69) is 41.9 Å². The van der Waals surface area contributed by atoms with E-state index in [1.807, 2.05) is 55.5 Å². The van der Waals surface area contributed by atoms with E-state index in [4.69, 9.17) is 14.7 Å². The van der Waals surface area contributed by atoms with Crippen LogP contribution < -0.4 is 10.2 Å².